The van der Waals surface area contributed by atoms with E-state index < -0.39 is 0 Å². The van der Waals surface area contributed by atoms with E-state index in [0.717, 1.165) is 0 Å². The predicted molar refractivity (Wildman–Crippen MR) is 78.4 cm³/mol. The van der Waals surface area contributed by atoms with Gasteiger partial charge in [0.1, 0.15) is 0 Å². The van der Waals surface area contributed by atoms with Crippen molar-refractivity contribution in [2.75, 3.05) is 26.3 Å². The van der Waals surface area contributed by atoms with Gasteiger partial charge in [-0.05, 0) is 28.1 Å². The third kappa shape index (κ3) is 3.80. The molecule has 0 bridgehead atoms. The number of benzene rings is 1. The van der Waals surface area contributed by atoms with Crippen LogP contribution in [0.15, 0.2) is 28.7 Å². The van der Waals surface area contributed by atoms with Gasteiger partial charge < -0.3 is 15.4 Å². The number of halogens is 1. The Morgan fingerprint density at radius 1 is 1.30 bits per heavy atom. The highest BCUT2D eigenvalue weighted by molar-refractivity contribution is 9.10. The first-order chi connectivity index (χ1) is 9.50. The zero-order chi connectivity index (χ0) is 14.6. The largest absolute Gasteiger partial charge is 0.380 e. The topological polar surface area (TPSA) is 67.4 Å². The summed E-state index contributed by atoms with van der Waals surface area (Å²) >= 11 is 3.30. The van der Waals surface area contributed by atoms with Gasteiger partial charge in [-0.25, -0.2) is 0 Å². The summed E-state index contributed by atoms with van der Waals surface area (Å²) in [4.78, 5) is 23.6. The van der Waals surface area contributed by atoms with Crippen molar-refractivity contribution in [3.05, 3.63) is 34.3 Å². The van der Waals surface area contributed by atoms with Crippen LogP contribution in [0.1, 0.15) is 17.3 Å². The summed E-state index contributed by atoms with van der Waals surface area (Å²) in [6.45, 7) is 3.91. The highest BCUT2D eigenvalue weighted by Crippen LogP contribution is 2.24. The lowest BCUT2D eigenvalue weighted by atomic mass is 9.89. The highest BCUT2D eigenvalue weighted by atomic mass is 79.9. The standard InChI is InChI=1S/C14H17BrN2O3/c1-14(8-20-9-14)7-17-12(18)6-16-13(19)10-4-2-3-5-11(10)15/h2-5H,6-9H2,1H3,(H,16,19)(H,17,18). The summed E-state index contributed by atoms with van der Waals surface area (Å²) in [5.41, 5.74) is 0.543. The van der Waals surface area contributed by atoms with E-state index in [1.54, 1.807) is 18.2 Å². The molecule has 0 saturated carbocycles. The zero-order valence-corrected chi connectivity index (χ0v) is 12.8. The molecule has 0 aromatic heterocycles. The van der Waals surface area contributed by atoms with Crippen molar-refractivity contribution in [1.82, 2.24) is 10.6 Å². The van der Waals surface area contributed by atoms with Gasteiger partial charge in [-0.3, -0.25) is 9.59 Å². The van der Waals surface area contributed by atoms with E-state index in [1.165, 1.54) is 0 Å². The maximum absolute atomic E-state index is 11.9. The molecule has 5 nitrogen and oxygen atoms in total. The molecule has 20 heavy (non-hydrogen) atoms. The van der Waals surface area contributed by atoms with E-state index in [4.69, 9.17) is 4.74 Å². The minimum absolute atomic E-state index is 0.0299. The third-order valence-corrected chi connectivity index (χ3v) is 3.83. The normalized spacial score (nSPS) is 16.1. The fraction of sp³-hybridized carbons (Fsp3) is 0.429. The average Bonchev–Trinajstić information content (AvgIpc) is 2.41. The lowest BCUT2D eigenvalue weighted by Gasteiger charge is -2.38. The molecule has 1 aromatic rings. The Hall–Kier alpha value is -1.40. The summed E-state index contributed by atoms with van der Waals surface area (Å²) in [7, 11) is 0. The van der Waals surface area contributed by atoms with Crippen LogP contribution in [0.5, 0.6) is 0 Å². The van der Waals surface area contributed by atoms with Crippen molar-refractivity contribution >= 4 is 27.7 Å². The van der Waals surface area contributed by atoms with Gasteiger partial charge in [-0.15, -0.1) is 0 Å². The first-order valence-corrected chi connectivity index (χ1v) is 7.17. The van der Waals surface area contributed by atoms with Gasteiger partial charge >= 0.3 is 0 Å². The van der Waals surface area contributed by atoms with Gasteiger partial charge in [0.2, 0.25) is 5.91 Å². The molecule has 2 rings (SSSR count). The second-order valence-corrected chi connectivity index (χ2v) is 6.10. The molecule has 6 heteroatoms. The number of nitrogens with one attached hydrogen (secondary N) is 2. The van der Waals surface area contributed by atoms with E-state index >= 15 is 0 Å². The molecule has 0 aliphatic carbocycles. The van der Waals surface area contributed by atoms with Gasteiger partial charge in [-0.1, -0.05) is 19.1 Å². The molecule has 1 heterocycles. The number of hydrogen-bond acceptors (Lipinski definition) is 3. The number of hydrogen-bond donors (Lipinski definition) is 2. The molecular weight excluding hydrogens is 324 g/mol. The molecule has 108 valence electrons. The Balaban J connectivity index is 1.76. The summed E-state index contributed by atoms with van der Waals surface area (Å²) < 4.78 is 5.82. The SMILES string of the molecule is CC1(CNC(=O)CNC(=O)c2ccccc2Br)COC1. The molecule has 0 radical (unpaired) electrons. The van der Waals surface area contributed by atoms with Crippen LogP contribution in [0.25, 0.3) is 0 Å². The Kier molecular flexibility index (Phi) is 4.77. The van der Waals surface area contributed by atoms with Crippen LogP contribution in [0.3, 0.4) is 0 Å². The summed E-state index contributed by atoms with van der Waals surface area (Å²) in [5.74, 6) is -0.468. The highest BCUT2D eigenvalue weighted by Gasteiger charge is 2.33. The van der Waals surface area contributed by atoms with Crippen LogP contribution in [0, 0.1) is 5.41 Å². The lowest BCUT2D eigenvalue weighted by molar-refractivity contribution is -0.125. The second kappa shape index (κ2) is 6.37. The molecule has 0 spiro atoms. The fourth-order valence-corrected chi connectivity index (χ4v) is 2.29. The lowest BCUT2D eigenvalue weighted by Crippen LogP contribution is -2.50. The van der Waals surface area contributed by atoms with Crippen molar-refractivity contribution < 1.29 is 14.3 Å². The Bertz CT molecular complexity index is 515. The molecule has 2 N–H and O–H groups in total. The second-order valence-electron chi connectivity index (χ2n) is 5.24. The monoisotopic (exact) mass is 340 g/mol. The molecule has 1 aliphatic heterocycles. The van der Waals surface area contributed by atoms with Crippen molar-refractivity contribution in [2.24, 2.45) is 5.41 Å². The number of amides is 2. The first-order valence-electron chi connectivity index (χ1n) is 6.37. The molecule has 1 fully saturated rings. The van der Waals surface area contributed by atoms with E-state index in [0.29, 0.717) is 29.8 Å². The molecule has 1 saturated heterocycles. The van der Waals surface area contributed by atoms with Crippen LogP contribution in [0.4, 0.5) is 0 Å². The first kappa shape index (κ1) is 15.0. The number of ether oxygens (including phenoxy) is 1. The predicted octanol–water partition coefficient (Wildman–Crippen LogP) is 1.33. The van der Waals surface area contributed by atoms with Crippen molar-refractivity contribution in [1.29, 1.82) is 0 Å². The molecule has 0 unspecified atom stereocenters. The summed E-state index contributed by atoms with van der Waals surface area (Å²) in [5, 5.41) is 5.40. The smallest absolute Gasteiger partial charge is 0.252 e. The average molecular weight is 341 g/mol. The third-order valence-electron chi connectivity index (χ3n) is 3.14. The Labute approximate surface area is 126 Å². The number of carbonyl (C=O) groups excluding carboxylic acids is 2. The van der Waals surface area contributed by atoms with Gasteiger partial charge in [0.05, 0.1) is 25.3 Å². The van der Waals surface area contributed by atoms with Crippen molar-refractivity contribution in [2.45, 2.75) is 6.92 Å². The van der Waals surface area contributed by atoms with Crippen LogP contribution in [0.2, 0.25) is 0 Å². The summed E-state index contributed by atoms with van der Waals surface area (Å²) in [6.07, 6.45) is 0. The molecule has 1 aliphatic rings. The maximum Gasteiger partial charge on any atom is 0.252 e. The molecule has 2 amide bonds. The minimum atomic E-state index is -0.272. The van der Waals surface area contributed by atoms with Gasteiger partial charge in [0, 0.05) is 16.4 Å². The van der Waals surface area contributed by atoms with E-state index in [1.807, 2.05) is 6.07 Å². The van der Waals surface area contributed by atoms with Gasteiger partial charge in [-0.2, -0.15) is 0 Å². The molecule has 1 aromatic carbocycles. The quantitative estimate of drug-likeness (QED) is 0.849. The van der Waals surface area contributed by atoms with E-state index in [9.17, 15) is 9.59 Å². The van der Waals surface area contributed by atoms with Crippen LogP contribution >= 0.6 is 15.9 Å². The van der Waals surface area contributed by atoms with Crippen molar-refractivity contribution in [3.8, 4) is 0 Å². The van der Waals surface area contributed by atoms with Gasteiger partial charge in [0.15, 0.2) is 0 Å². The Morgan fingerprint density at radius 2 is 2.00 bits per heavy atom. The number of carbonyl (C=O) groups is 2. The van der Waals surface area contributed by atoms with Gasteiger partial charge in [0.25, 0.3) is 5.91 Å². The maximum atomic E-state index is 11.9. The Morgan fingerprint density at radius 3 is 2.60 bits per heavy atom. The van der Waals surface area contributed by atoms with Crippen molar-refractivity contribution in [3.63, 3.8) is 0 Å². The fourth-order valence-electron chi connectivity index (χ4n) is 1.83. The summed E-state index contributed by atoms with van der Waals surface area (Å²) in [6, 6.07) is 7.09. The van der Waals surface area contributed by atoms with Crippen LogP contribution in [-0.2, 0) is 9.53 Å². The van der Waals surface area contributed by atoms with E-state index in [-0.39, 0.29) is 23.8 Å². The van der Waals surface area contributed by atoms with E-state index in [2.05, 4.69) is 33.5 Å². The van der Waals surface area contributed by atoms with Crippen LogP contribution < -0.4 is 10.6 Å². The van der Waals surface area contributed by atoms with Crippen LogP contribution in [-0.4, -0.2) is 38.1 Å². The molecular formula is C14H17BrN2O3. The zero-order valence-electron chi connectivity index (χ0n) is 11.2. The minimum Gasteiger partial charge on any atom is -0.380 e. The number of rotatable bonds is 5. The molecule has 0 atom stereocenters.